The highest BCUT2D eigenvalue weighted by molar-refractivity contribution is 7.80. The molecule has 2 rings (SSSR count). The van der Waals surface area contributed by atoms with Gasteiger partial charge in [0.15, 0.2) is 0 Å². The molecular formula is C24H40Cl2OS. The van der Waals surface area contributed by atoms with Gasteiger partial charge in [0.05, 0.1) is 15.6 Å². The van der Waals surface area contributed by atoms with Crippen LogP contribution in [0.3, 0.4) is 0 Å². The molecule has 0 heterocycles. The summed E-state index contributed by atoms with van der Waals surface area (Å²) in [6.07, 6.45) is 10.4. The quantitative estimate of drug-likeness (QED) is 0.287. The van der Waals surface area contributed by atoms with E-state index in [1.165, 1.54) is 25.7 Å². The Morgan fingerprint density at radius 2 is 1.61 bits per heavy atom. The number of hydrogen-bond acceptors (Lipinski definition) is 2. The Labute approximate surface area is 189 Å². The van der Waals surface area contributed by atoms with Gasteiger partial charge in [-0.3, -0.25) is 0 Å². The monoisotopic (exact) mass is 446 g/mol. The molecular weight excluding hydrogens is 407 g/mol. The summed E-state index contributed by atoms with van der Waals surface area (Å²) in [5, 5.41) is 12.8. The molecule has 1 atom stereocenters. The van der Waals surface area contributed by atoms with Crippen molar-refractivity contribution in [3.63, 3.8) is 0 Å². The Bertz CT molecular complexity index is 593. The van der Waals surface area contributed by atoms with Crippen LogP contribution in [0.25, 0.3) is 0 Å². The lowest BCUT2D eigenvalue weighted by Crippen LogP contribution is -2.45. The molecule has 1 aromatic rings. The number of halogens is 2. The molecule has 0 amide bonds. The molecule has 0 saturated carbocycles. The maximum Gasteiger partial charge on any atom is 0.0995 e. The molecule has 0 bridgehead atoms. The summed E-state index contributed by atoms with van der Waals surface area (Å²) in [6.45, 7) is 10.9. The average Bonchev–Trinajstić information content (AvgIpc) is 2.86. The summed E-state index contributed by atoms with van der Waals surface area (Å²) in [6, 6.07) is 3.87. The molecule has 1 nitrogen and oxygen atoms in total. The van der Waals surface area contributed by atoms with Gasteiger partial charge in [-0.2, -0.15) is 12.6 Å². The van der Waals surface area contributed by atoms with E-state index in [-0.39, 0.29) is 11.3 Å². The summed E-state index contributed by atoms with van der Waals surface area (Å²) in [5.41, 5.74) is 0.914. The summed E-state index contributed by atoms with van der Waals surface area (Å²) in [5.74, 6) is 1.28. The highest BCUT2D eigenvalue weighted by atomic mass is 35.5. The summed E-state index contributed by atoms with van der Waals surface area (Å²) in [7, 11) is 0. The van der Waals surface area contributed by atoms with E-state index in [9.17, 15) is 5.11 Å². The van der Waals surface area contributed by atoms with E-state index >= 15 is 0 Å². The molecule has 4 heteroatoms. The second-order valence-electron chi connectivity index (χ2n) is 8.78. The zero-order valence-corrected chi connectivity index (χ0v) is 20.9. The molecule has 1 unspecified atom stereocenters. The van der Waals surface area contributed by atoms with Gasteiger partial charge in [0, 0.05) is 11.0 Å². The molecule has 0 spiro atoms. The topological polar surface area (TPSA) is 20.2 Å². The fraction of sp³-hybridized carbons (Fsp3) is 0.750. The standard InChI is InChI=1S/C18H26Cl2O.C6H14S/c1-5-7-13(8-6-2)18(21)15-12(11-17(18,3)4)9-10-14(19)16(15)20;1-2-3-4-5-6-7/h9-10,13,21H,5-8,11H2,1-4H3;7H,2-6H2,1H3. The van der Waals surface area contributed by atoms with Crippen molar-refractivity contribution in [2.45, 2.75) is 98.0 Å². The van der Waals surface area contributed by atoms with E-state index < -0.39 is 5.60 Å². The number of benzene rings is 1. The summed E-state index contributed by atoms with van der Waals surface area (Å²) >= 11 is 16.8. The lowest BCUT2D eigenvalue weighted by Gasteiger charge is -2.44. The zero-order chi connectivity index (χ0) is 21.4. The van der Waals surface area contributed by atoms with Crippen LogP contribution in [0.4, 0.5) is 0 Å². The van der Waals surface area contributed by atoms with Crippen LogP contribution in [0.15, 0.2) is 12.1 Å². The molecule has 1 N–H and O–H groups in total. The molecule has 0 radical (unpaired) electrons. The highest BCUT2D eigenvalue weighted by Crippen LogP contribution is 2.58. The molecule has 0 saturated heterocycles. The number of rotatable bonds is 9. The van der Waals surface area contributed by atoms with E-state index in [0.717, 1.165) is 49.0 Å². The molecule has 0 aliphatic heterocycles. The number of aliphatic hydroxyl groups is 1. The molecule has 28 heavy (non-hydrogen) atoms. The Kier molecular flexibility index (Phi) is 11.3. The van der Waals surface area contributed by atoms with Gasteiger partial charge < -0.3 is 5.11 Å². The van der Waals surface area contributed by atoms with Gasteiger partial charge in [-0.25, -0.2) is 0 Å². The highest BCUT2D eigenvalue weighted by Gasteiger charge is 2.56. The van der Waals surface area contributed by atoms with Crippen LogP contribution < -0.4 is 0 Å². The fourth-order valence-electron chi connectivity index (χ4n) is 4.65. The van der Waals surface area contributed by atoms with Gasteiger partial charge in [0.25, 0.3) is 0 Å². The molecule has 1 aromatic carbocycles. The summed E-state index contributed by atoms with van der Waals surface area (Å²) in [4.78, 5) is 0. The van der Waals surface area contributed by atoms with Crippen molar-refractivity contribution in [2.24, 2.45) is 11.3 Å². The molecule has 0 aromatic heterocycles. The van der Waals surface area contributed by atoms with Gasteiger partial charge in [-0.05, 0) is 49.0 Å². The van der Waals surface area contributed by atoms with Crippen LogP contribution in [0.2, 0.25) is 10.0 Å². The minimum Gasteiger partial charge on any atom is -0.384 e. The first-order chi connectivity index (χ1) is 13.2. The number of fused-ring (bicyclic) bond motifs is 1. The van der Waals surface area contributed by atoms with E-state index in [0.29, 0.717) is 10.0 Å². The van der Waals surface area contributed by atoms with Crippen molar-refractivity contribution in [3.05, 3.63) is 33.3 Å². The van der Waals surface area contributed by atoms with Gasteiger partial charge in [0.2, 0.25) is 0 Å². The average molecular weight is 448 g/mol. The smallest absolute Gasteiger partial charge is 0.0995 e. The second kappa shape index (κ2) is 12.1. The van der Waals surface area contributed by atoms with Crippen molar-refractivity contribution in [3.8, 4) is 0 Å². The Morgan fingerprint density at radius 1 is 1.00 bits per heavy atom. The Morgan fingerprint density at radius 3 is 2.11 bits per heavy atom. The number of unbranched alkanes of at least 4 members (excludes halogenated alkanes) is 3. The van der Waals surface area contributed by atoms with E-state index in [1.54, 1.807) is 0 Å². The largest absolute Gasteiger partial charge is 0.384 e. The third-order valence-electron chi connectivity index (χ3n) is 6.10. The van der Waals surface area contributed by atoms with E-state index in [4.69, 9.17) is 23.2 Å². The Hall–Kier alpha value is 0.110. The molecule has 1 aliphatic rings. The predicted octanol–water partition coefficient (Wildman–Crippen LogP) is 8.48. The number of thiol groups is 1. The van der Waals surface area contributed by atoms with Crippen LogP contribution in [0, 0.1) is 11.3 Å². The first kappa shape index (κ1) is 26.1. The third-order valence-corrected chi connectivity index (χ3v) is 7.22. The molecule has 0 fully saturated rings. The predicted molar refractivity (Wildman–Crippen MR) is 129 cm³/mol. The minimum atomic E-state index is -0.893. The lowest BCUT2D eigenvalue weighted by atomic mass is 9.65. The van der Waals surface area contributed by atoms with Crippen LogP contribution in [-0.4, -0.2) is 10.9 Å². The van der Waals surface area contributed by atoms with Crippen molar-refractivity contribution >= 4 is 35.8 Å². The first-order valence-corrected chi connectivity index (χ1v) is 12.4. The molecule has 1 aliphatic carbocycles. The van der Waals surface area contributed by atoms with Crippen LogP contribution in [0.5, 0.6) is 0 Å². The van der Waals surface area contributed by atoms with Crippen LogP contribution in [0.1, 0.15) is 97.1 Å². The second-order valence-corrected chi connectivity index (χ2v) is 10.0. The summed E-state index contributed by atoms with van der Waals surface area (Å²) < 4.78 is 0. The first-order valence-electron chi connectivity index (χ1n) is 11.0. The van der Waals surface area contributed by atoms with E-state index in [1.807, 2.05) is 12.1 Å². The van der Waals surface area contributed by atoms with Crippen LogP contribution in [-0.2, 0) is 12.0 Å². The van der Waals surface area contributed by atoms with Gasteiger partial charge >= 0.3 is 0 Å². The van der Waals surface area contributed by atoms with Crippen molar-refractivity contribution < 1.29 is 5.11 Å². The SMILES string of the molecule is CCCC(CCC)C1(O)c2c(ccc(Cl)c2Cl)CC1(C)C.CCCCCCS. The third kappa shape index (κ3) is 5.84. The fourth-order valence-corrected chi connectivity index (χ4v) is 5.36. The van der Waals surface area contributed by atoms with Gasteiger partial charge in [-0.1, -0.05) is 96.0 Å². The molecule has 162 valence electrons. The maximum atomic E-state index is 11.8. The lowest BCUT2D eigenvalue weighted by molar-refractivity contribution is -0.113. The zero-order valence-electron chi connectivity index (χ0n) is 18.5. The Balaban J connectivity index is 0.000000480. The van der Waals surface area contributed by atoms with Gasteiger partial charge in [-0.15, -0.1) is 0 Å². The van der Waals surface area contributed by atoms with Crippen molar-refractivity contribution in [1.29, 1.82) is 0 Å². The van der Waals surface area contributed by atoms with Crippen molar-refractivity contribution in [1.82, 2.24) is 0 Å². The van der Waals surface area contributed by atoms with Crippen molar-refractivity contribution in [2.75, 3.05) is 5.75 Å². The van der Waals surface area contributed by atoms with Crippen LogP contribution >= 0.6 is 35.8 Å². The van der Waals surface area contributed by atoms with Gasteiger partial charge in [0.1, 0.15) is 0 Å². The normalized spacial score (nSPS) is 20.1. The van der Waals surface area contributed by atoms with E-state index in [2.05, 4.69) is 47.2 Å². The maximum absolute atomic E-state index is 11.8. The minimum absolute atomic E-state index is 0.222. The number of hydrogen-bond donors (Lipinski definition) is 2.